The number of carbonyl (C=O) groups excluding carboxylic acids is 1. The summed E-state index contributed by atoms with van der Waals surface area (Å²) in [6, 6.07) is 0. The molecule has 2 atom stereocenters. The normalized spacial score (nSPS) is 15.6. The third kappa shape index (κ3) is 8.25. The maximum atomic E-state index is 11.6. The summed E-state index contributed by atoms with van der Waals surface area (Å²) in [6.07, 6.45) is 6.77. The monoisotopic (exact) mass is 332 g/mol. The Kier molecular flexibility index (Phi) is 13.6. The molecule has 0 heterocycles. The second-order valence-electron chi connectivity index (χ2n) is 5.87. The molecule has 0 saturated carbocycles. The first-order valence-corrected chi connectivity index (χ1v) is 8.90. The highest BCUT2D eigenvalue weighted by atomic mass is 16.7. The molecule has 138 valence electrons. The molecule has 0 aromatic rings. The zero-order chi connectivity index (χ0) is 17.6. The summed E-state index contributed by atoms with van der Waals surface area (Å²) in [5, 5.41) is 0. The van der Waals surface area contributed by atoms with Gasteiger partial charge in [0.05, 0.1) is 6.61 Å². The first-order chi connectivity index (χ1) is 11.1. The maximum absolute atomic E-state index is 11.6. The molecule has 0 amide bonds. The Balaban J connectivity index is 4.74. The molecule has 0 N–H and O–H groups in total. The predicted molar refractivity (Wildman–Crippen MR) is 91.6 cm³/mol. The average molecular weight is 332 g/mol. The van der Waals surface area contributed by atoms with E-state index >= 15 is 0 Å². The van der Waals surface area contributed by atoms with Crippen LogP contribution in [0.25, 0.3) is 0 Å². The molecule has 0 aromatic heterocycles. The van der Waals surface area contributed by atoms with Gasteiger partial charge < -0.3 is 23.7 Å². The van der Waals surface area contributed by atoms with E-state index in [0.717, 1.165) is 32.0 Å². The molecule has 0 rings (SSSR count). The summed E-state index contributed by atoms with van der Waals surface area (Å²) in [4.78, 5) is 11.6. The summed E-state index contributed by atoms with van der Waals surface area (Å²) in [7, 11) is 3.15. The van der Waals surface area contributed by atoms with E-state index < -0.39 is 18.0 Å². The topological polar surface area (TPSA) is 54.0 Å². The number of rotatable bonds is 16. The van der Waals surface area contributed by atoms with Crippen LogP contribution in [0.1, 0.15) is 65.7 Å². The molecule has 0 saturated heterocycles. The molecule has 0 aliphatic rings. The van der Waals surface area contributed by atoms with E-state index in [-0.39, 0.29) is 6.61 Å². The van der Waals surface area contributed by atoms with Gasteiger partial charge in [0.2, 0.25) is 0 Å². The van der Waals surface area contributed by atoms with Gasteiger partial charge >= 0.3 is 0 Å². The van der Waals surface area contributed by atoms with Crippen LogP contribution >= 0.6 is 0 Å². The molecule has 2 unspecified atom stereocenters. The highest BCUT2D eigenvalue weighted by Gasteiger charge is 2.39. The number of hydrogen-bond donors (Lipinski definition) is 0. The Morgan fingerprint density at radius 1 is 1.00 bits per heavy atom. The van der Waals surface area contributed by atoms with Gasteiger partial charge in [-0.25, -0.2) is 0 Å². The Labute approximate surface area is 142 Å². The van der Waals surface area contributed by atoms with Crippen LogP contribution in [-0.2, 0) is 23.7 Å². The number of unbranched alkanes of at least 4 members (excludes halogenated alkanes) is 3. The van der Waals surface area contributed by atoms with Crippen molar-refractivity contribution in [1.29, 1.82) is 0 Å². The zero-order valence-electron chi connectivity index (χ0n) is 15.6. The summed E-state index contributed by atoms with van der Waals surface area (Å²) < 4.78 is 22.3. The second-order valence-corrected chi connectivity index (χ2v) is 5.87. The summed E-state index contributed by atoms with van der Waals surface area (Å²) in [5.41, 5.74) is -0.615. The Morgan fingerprint density at radius 3 is 2.17 bits per heavy atom. The Hall–Kier alpha value is -0.490. The van der Waals surface area contributed by atoms with Crippen molar-refractivity contribution in [3.63, 3.8) is 0 Å². The molecular weight excluding hydrogens is 296 g/mol. The fraction of sp³-hybridized carbons (Fsp3) is 0.944. The van der Waals surface area contributed by atoms with Crippen molar-refractivity contribution in [3.8, 4) is 0 Å². The number of ether oxygens (including phenoxy) is 4. The van der Waals surface area contributed by atoms with E-state index in [1.165, 1.54) is 12.8 Å². The molecule has 0 aromatic carbocycles. The minimum Gasteiger partial charge on any atom is -0.368 e. The fourth-order valence-corrected chi connectivity index (χ4v) is 2.72. The smallest absolute Gasteiger partial charge is 0.180 e. The molecule has 23 heavy (non-hydrogen) atoms. The standard InChI is InChI=1S/C18H36O5/c1-6-9-10-11-13-22-16(14-19)18(8-3,12-7-2)23-15-17(20-4)21-5/h14,16-17H,6-13,15H2,1-5H3. The van der Waals surface area contributed by atoms with Gasteiger partial charge in [-0.05, 0) is 19.3 Å². The Morgan fingerprint density at radius 2 is 1.70 bits per heavy atom. The van der Waals surface area contributed by atoms with Crippen LogP contribution < -0.4 is 0 Å². The van der Waals surface area contributed by atoms with Gasteiger partial charge in [0.1, 0.15) is 11.7 Å². The van der Waals surface area contributed by atoms with Crippen molar-refractivity contribution < 1.29 is 23.7 Å². The first kappa shape index (κ1) is 22.5. The van der Waals surface area contributed by atoms with Crippen LogP contribution in [-0.4, -0.2) is 51.7 Å². The zero-order valence-corrected chi connectivity index (χ0v) is 15.6. The lowest BCUT2D eigenvalue weighted by Gasteiger charge is -2.38. The van der Waals surface area contributed by atoms with Gasteiger partial charge in [0.25, 0.3) is 0 Å². The highest BCUT2D eigenvalue weighted by Crippen LogP contribution is 2.29. The lowest BCUT2D eigenvalue weighted by atomic mass is 9.88. The molecule has 0 spiro atoms. The molecule has 5 heteroatoms. The van der Waals surface area contributed by atoms with E-state index in [4.69, 9.17) is 18.9 Å². The summed E-state index contributed by atoms with van der Waals surface area (Å²) in [5.74, 6) is 0. The van der Waals surface area contributed by atoms with Crippen LogP contribution in [0.3, 0.4) is 0 Å². The first-order valence-electron chi connectivity index (χ1n) is 8.90. The van der Waals surface area contributed by atoms with Crippen LogP contribution in [0.5, 0.6) is 0 Å². The van der Waals surface area contributed by atoms with E-state index in [1.54, 1.807) is 14.2 Å². The maximum Gasteiger partial charge on any atom is 0.180 e. The van der Waals surface area contributed by atoms with Crippen LogP contribution in [0.15, 0.2) is 0 Å². The molecule has 0 radical (unpaired) electrons. The van der Waals surface area contributed by atoms with E-state index in [2.05, 4.69) is 13.8 Å². The molecule has 0 bridgehead atoms. The number of hydrogen-bond acceptors (Lipinski definition) is 5. The van der Waals surface area contributed by atoms with Crippen molar-refractivity contribution in [2.75, 3.05) is 27.4 Å². The minimum atomic E-state index is -0.615. The largest absolute Gasteiger partial charge is 0.368 e. The van der Waals surface area contributed by atoms with Crippen molar-refractivity contribution in [1.82, 2.24) is 0 Å². The van der Waals surface area contributed by atoms with E-state index in [0.29, 0.717) is 13.0 Å². The van der Waals surface area contributed by atoms with Crippen molar-refractivity contribution in [2.45, 2.75) is 83.7 Å². The van der Waals surface area contributed by atoms with Gasteiger partial charge in [0, 0.05) is 20.8 Å². The number of methoxy groups -OCH3 is 2. The summed E-state index contributed by atoms with van der Waals surface area (Å²) >= 11 is 0. The third-order valence-corrected chi connectivity index (χ3v) is 4.24. The van der Waals surface area contributed by atoms with Gasteiger partial charge in [-0.15, -0.1) is 0 Å². The molecular formula is C18H36O5. The van der Waals surface area contributed by atoms with Crippen molar-refractivity contribution >= 4 is 6.29 Å². The summed E-state index contributed by atoms with van der Waals surface area (Å²) in [6.45, 7) is 7.16. The van der Waals surface area contributed by atoms with Gasteiger partial charge in [-0.1, -0.05) is 46.5 Å². The van der Waals surface area contributed by atoms with Crippen LogP contribution in [0.2, 0.25) is 0 Å². The van der Waals surface area contributed by atoms with E-state index in [1.807, 2.05) is 6.92 Å². The lowest BCUT2D eigenvalue weighted by molar-refractivity contribution is -0.204. The SMILES string of the molecule is CCCCCCOC(C=O)C(CC)(CCC)OCC(OC)OC. The fourth-order valence-electron chi connectivity index (χ4n) is 2.72. The average Bonchev–Trinajstić information content (AvgIpc) is 2.58. The van der Waals surface area contributed by atoms with Crippen LogP contribution in [0.4, 0.5) is 0 Å². The number of aldehydes is 1. The van der Waals surface area contributed by atoms with Gasteiger partial charge in [0.15, 0.2) is 12.6 Å². The molecule has 0 aliphatic heterocycles. The van der Waals surface area contributed by atoms with Crippen molar-refractivity contribution in [3.05, 3.63) is 0 Å². The van der Waals surface area contributed by atoms with Crippen molar-refractivity contribution in [2.24, 2.45) is 0 Å². The van der Waals surface area contributed by atoms with Gasteiger partial charge in [-0.3, -0.25) is 0 Å². The second kappa shape index (κ2) is 13.9. The lowest BCUT2D eigenvalue weighted by Crippen LogP contribution is -2.48. The molecule has 5 nitrogen and oxygen atoms in total. The predicted octanol–water partition coefficient (Wildman–Crippen LogP) is 3.74. The molecule has 0 fully saturated rings. The van der Waals surface area contributed by atoms with E-state index in [9.17, 15) is 4.79 Å². The quantitative estimate of drug-likeness (QED) is 0.245. The molecule has 0 aliphatic carbocycles. The van der Waals surface area contributed by atoms with Gasteiger partial charge in [-0.2, -0.15) is 0 Å². The van der Waals surface area contributed by atoms with Crippen LogP contribution in [0, 0.1) is 0 Å². The number of carbonyl (C=O) groups is 1. The minimum absolute atomic E-state index is 0.282. The highest BCUT2D eigenvalue weighted by molar-refractivity contribution is 5.58. The third-order valence-electron chi connectivity index (χ3n) is 4.24. The Bertz CT molecular complexity index is 281.